The molecule has 1 heterocycles. The van der Waals surface area contributed by atoms with E-state index in [0.29, 0.717) is 24.5 Å². The summed E-state index contributed by atoms with van der Waals surface area (Å²) in [4.78, 5) is 7.63. The van der Waals surface area contributed by atoms with Gasteiger partial charge in [0.15, 0.2) is 11.0 Å². The number of nitrogen functional groups attached to an aromatic ring is 1. The molecule has 0 aliphatic rings. The van der Waals surface area contributed by atoms with Gasteiger partial charge >= 0.3 is 0 Å². The molecule has 0 unspecified atom stereocenters. The maximum Gasteiger partial charge on any atom is 0.157 e. The molecule has 0 radical (unpaired) electrons. The summed E-state index contributed by atoms with van der Waals surface area (Å²) in [5.41, 5.74) is 5.94. The van der Waals surface area contributed by atoms with Crippen LogP contribution in [-0.4, -0.2) is 16.5 Å². The van der Waals surface area contributed by atoms with Crippen molar-refractivity contribution in [1.29, 1.82) is 0 Å². The van der Waals surface area contributed by atoms with Gasteiger partial charge in [-0.25, -0.2) is 9.97 Å². The Labute approximate surface area is 81.5 Å². The van der Waals surface area contributed by atoms with Gasteiger partial charge in [-0.1, -0.05) is 11.6 Å². The number of rotatable bonds is 3. The van der Waals surface area contributed by atoms with Gasteiger partial charge < -0.3 is 11.1 Å². The molecule has 3 N–H and O–H groups in total. The van der Waals surface area contributed by atoms with E-state index in [4.69, 9.17) is 23.8 Å². The molecule has 0 saturated heterocycles. The Morgan fingerprint density at radius 2 is 2.38 bits per heavy atom. The average Bonchev–Trinajstić information content (AvgIpc) is 2.13. The third kappa shape index (κ3) is 2.49. The number of terminal acetylenes is 1. The first-order valence-electron chi connectivity index (χ1n) is 3.69. The van der Waals surface area contributed by atoms with Gasteiger partial charge in [0.25, 0.3) is 0 Å². The number of aromatic nitrogens is 2. The first kappa shape index (κ1) is 9.62. The van der Waals surface area contributed by atoms with Crippen molar-refractivity contribution in [2.45, 2.75) is 6.42 Å². The van der Waals surface area contributed by atoms with Crippen molar-refractivity contribution >= 4 is 23.1 Å². The van der Waals surface area contributed by atoms with Crippen molar-refractivity contribution in [2.24, 2.45) is 0 Å². The highest BCUT2D eigenvalue weighted by molar-refractivity contribution is 6.32. The van der Waals surface area contributed by atoms with E-state index >= 15 is 0 Å². The van der Waals surface area contributed by atoms with Crippen LogP contribution in [-0.2, 0) is 0 Å². The summed E-state index contributed by atoms with van der Waals surface area (Å²) in [6, 6.07) is 0. The van der Waals surface area contributed by atoms with Gasteiger partial charge in [0.2, 0.25) is 0 Å². The van der Waals surface area contributed by atoms with Gasteiger partial charge in [0, 0.05) is 13.0 Å². The summed E-state index contributed by atoms with van der Waals surface area (Å²) in [7, 11) is 0. The van der Waals surface area contributed by atoms with Crippen LogP contribution in [0, 0.1) is 12.3 Å². The molecule has 1 rings (SSSR count). The molecule has 0 aliphatic heterocycles. The minimum atomic E-state index is 0.248. The van der Waals surface area contributed by atoms with Crippen LogP contribution in [0.1, 0.15) is 6.42 Å². The van der Waals surface area contributed by atoms with Crippen molar-refractivity contribution < 1.29 is 0 Å². The second-order valence-electron chi connectivity index (χ2n) is 2.31. The molecular weight excluding hydrogens is 188 g/mol. The Bertz CT molecular complexity index is 331. The third-order valence-electron chi connectivity index (χ3n) is 1.40. The Hall–Kier alpha value is -1.47. The molecule has 0 aliphatic carbocycles. The first-order chi connectivity index (χ1) is 6.25. The van der Waals surface area contributed by atoms with Crippen LogP contribution in [0.5, 0.6) is 0 Å². The summed E-state index contributed by atoms with van der Waals surface area (Å²) in [6.45, 7) is 0.619. The second kappa shape index (κ2) is 4.53. The second-order valence-corrected chi connectivity index (χ2v) is 2.67. The molecule has 1 aromatic heterocycles. The van der Waals surface area contributed by atoms with Gasteiger partial charge in [-0.3, -0.25) is 0 Å². The summed E-state index contributed by atoms with van der Waals surface area (Å²) in [5, 5.41) is 3.20. The highest BCUT2D eigenvalue weighted by Crippen LogP contribution is 2.21. The summed E-state index contributed by atoms with van der Waals surface area (Å²) >= 11 is 5.67. The van der Waals surface area contributed by atoms with Crippen LogP contribution in [0.25, 0.3) is 0 Å². The Morgan fingerprint density at radius 3 is 3.08 bits per heavy atom. The predicted octanol–water partition coefficient (Wildman–Crippen LogP) is 1.15. The Kier molecular flexibility index (Phi) is 3.35. The lowest BCUT2D eigenvalue weighted by Gasteiger charge is -2.06. The zero-order valence-electron chi connectivity index (χ0n) is 6.92. The number of hydrogen-bond donors (Lipinski definition) is 2. The van der Waals surface area contributed by atoms with Crippen LogP contribution in [0.15, 0.2) is 6.33 Å². The highest BCUT2D eigenvalue weighted by atomic mass is 35.5. The third-order valence-corrected chi connectivity index (χ3v) is 1.70. The van der Waals surface area contributed by atoms with Crippen molar-refractivity contribution in [1.82, 2.24) is 9.97 Å². The molecule has 0 fully saturated rings. The van der Waals surface area contributed by atoms with Crippen LogP contribution >= 0.6 is 11.6 Å². The monoisotopic (exact) mass is 196 g/mol. The summed E-state index contributed by atoms with van der Waals surface area (Å²) in [6.07, 6.45) is 7.04. The average molecular weight is 197 g/mol. The fraction of sp³-hybridized carbons (Fsp3) is 0.250. The molecule has 4 nitrogen and oxygen atoms in total. The number of nitrogens with two attached hydrogens (primary N) is 1. The van der Waals surface area contributed by atoms with E-state index in [9.17, 15) is 0 Å². The van der Waals surface area contributed by atoms with E-state index < -0.39 is 0 Å². The van der Waals surface area contributed by atoms with Gasteiger partial charge in [-0.05, 0) is 0 Å². The highest BCUT2D eigenvalue weighted by Gasteiger charge is 2.03. The lowest BCUT2D eigenvalue weighted by molar-refractivity contribution is 1.06. The molecule has 0 spiro atoms. The lowest BCUT2D eigenvalue weighted by atomic mass is 10.4. The molecule has 1 aromatic rings. The van der Waals surface area contributed by atoms with Crippen LogP contribution < -0.4 is 11.1 Å². The lowest BCUT2D eigenvalue weighted by Crippen LogP contribution is -2.06. The Balaban J connectivity index is 2.67. The predicted molar refractivity (Wildman–Crippen MR) is 53.4 cm³/mol. The molecule has 0 atom stereocenters. The van der Waals surface area contributed by atoms with Gasteiger partial charge in [-0.15, -0.1) is 12.3 Å². The smallest absolute Gasteiger partial charge is 0.157 e. The fourth-order valence-corrected chi connectivity index (χ4v) is 0.901. The summed E-state index contributed by atoms with van der Waals surface area (Å²) < 4.78 is 0. The van der Waals surface area contributed by atoms with Crippen molar-refractivity contribution in [3.8, 4) is 12.3 Å². The van der Waals surface area contributed by atoms with E-state index in [1.165, 1.54) is 6.33 Å². The fourth-order valence-electron chi connectivity index (χ4n) is 0.768. The van der Waals surface area contributed by atoms with Crippen molar-refractivity contribution in [2.75, 3.05) is 17.6 Å². The largest absolute Gasteiger partial charge is 0.393 e. The number of nitrogens with zero attached hydrogens (tertiary/aromatic N) is 2. The van der Waals surface area contributed by atoms with Gasteiger partial charge in [0.1, 0.15) is 12.0 Å². The summed E-state index contributed by atoms with van der Waals surface area (Å²) in [5.74, 6) is 3.02. The maximum atomic E-state index is 5.67. The molecule has 5 heteroatoms. The molecule has 13 heavy (non-hydrogen) atoms. The molecule has 0 amide bonds. The van der Waals surface area contributed by atoms with E-state index in [0.717, 1.165) is 0 Å². The van der Waals surface area contributed by atoms with Crippen molar-refractivity contribution in [3.63, 3.8) is 0 Å². The standard InChI is InChI=1S/C8H9ClN4/c1-2-3-4-11-8-6(10)7(9)12-5-13-8/h1,5H,3-4,10H2,(H,11,12,13). The number of anilines is 2. The quantitative estimate of drug-likeness (QED) is 0.433. The van der Waals surface area contributed by atoms with E-state index in [2.05, 4.69) is 21.2 Å². The van der Waals surface area contributed by atoms with E-state index in [-0.39, 0.29) is 5.15 Å². The molecule has 0 bridgehead atoms. The number of nitrogens with one attached hydrogen (secondary N) is 1. The zero-order valence-corrected chi connectivity index (χ0v) is 7.67. The molecule has 0 saturated carbocycles. The number of hydrogen-bond acceptors (Lipinski definition) is 4. The van der Waals surface area contributed by atoms with Crippen LogP contribution in [0.2, 0.25) is 5.15 Å². The normalized spacial score (nSPS) is 9.23. The van der Waals surface area contributed by atoms with E-state index in [1.54, 1.807) is 0 Å². The first-order valence-corrected chi connectivity index (χ1v) is 4.07. The van der Waals surface area contributed by atoms with Crippen molar-refractivity contribution in [3.05, 3.63) is 11.5 Å². The van der Waals surface area contributed by atoms with E-state index in [1.807, 2.05) is 0 Å². The topological polar surface area (TPSA) is 63.8 Å². The van der Waals surface area contributed by atoms with Gasteiger partial charge in [0.05, 0.1) is 0 Å². The minimum absolute atomic E-state index is 0.248. The Morgan fingerprint density at radius 1 is 1.62 bits per heavy atom. The van der Waals surface area contributed by atoms with Crippen LogP contribution in [0.4, 0.5) is 11.5 Å². The maximum absolute atomic E-state index is 5.67. The SMILES string of the molecule is C#CCCNc1ncnc(Cl)c1N. The molecule has 0 aromatic carbocycles. The molecular formula is C8H9ClN4. The minimum Gasteiger partial charge on any atom is -0.393 e. The zero-order chi connectivity index (χ0) is 9.68. The van der Waals surface area contributed by atoms with Crippen LogP contribution in [0.3, 0.4) is 0 Å². The molecule has 68 valence electrons. The number of halogens is 1. The van der Waals surface area contributed by atoms with Gasteiger partial charge in [-0.2, -0.15) is 0 Å².